The second-order valence-electron chi connectivity index (χ2n) is 13.3. The first-order valence-electron chi connectivity index (χ1n) is 17.5. The third-order valence-corrected chi connectivity index (χ3v) is 12.7. The van der Waals surface area contributed by atoms with Crippen molar-refractivity contribution in [3.8, 4) is 22.3 Å². The van der Waals surface area contributed by atoms with Crippen LogP contribution in [0.2, 0.25) is 0 Å². The summed E-state index contributed by atoms with van der Waals surface area (Å²) in [6.07, 6.45) is 0. The van der Waals surface area contributed by atoms with Crippen molar-refractivity contribution in [2.45, 2.75) is 0 Å². The van der Waals surface area contributed by atoms with Crippen molar-refractivity contribution < 1.29 is 4.42 Å². The van der Waals surface area contributed by atoms with E-state index >= 15 is 0 Å². The monoisotopic (exact) mass is 699 g/mol. The Balaban J connectivity index is 1.13. The van der Waals surface area contributed by atoms with Crippen molar-refractivity contribution in [1.29, 1.82) is 0 Å². The molecule has 0 saturated carbocycles. The van der Waals surface area contributed by atoms with Gasteiger partial charge in [-0.25, -0.2) is 0 Å². The normalized spacial score (nSPS) is 11.8. The van der Waals surface area contributed by atoms with Gasteiger partial charge in [0.2, 0.25) is 0 Å². The zero-order chi connectivity index (χ0) is 34.2. The molecule has 0 fully saturated rings. The summed E-state index contributed by atoms with van der Waals surface area (Å²) in [5.41, 5.74) is 9.96. The van der Waals surface area contributed by atoms with E-state index in [1.54, 1.807) is 0 Å². The van der Waals surface area contributed by atoms with Gasteiger partial charge in [-0.15, -0.1) is 22.7 Å². The Labute approximate surface area is 308 Å². The maximum Gasteiger partial charge on any atom is 0.137 e. The van der Waals surface area contributed by atoms with Crippen molar-refractivity contribution in [3.63, 3.8) is 0 Å². The van der Waals surface area contributed by atoms with E-state index in [2.05, 4.69) is 169 Å². The highest BCUT2D eigenvalue weighted by Gasteiger charge is 2.21. The van der Waals surface area contributed by atoms with Gasteiger partial charge in [0, 0.05) is 63.9 Å². The molecule has 244 valence electrons. The molecular weight excluding hydrogens is 671 g/mol. The van der Waals surface area contributed by atoms with Gasteiger partial charge in [0.25, 0.3) is 0 Å². The zero-order valence-electron chi connectivity index (χ0n) is 27.9. The number of furan rings is 1. The van der Waals surface area contributed by atoms with Crippen LogP contribution >= 0.6 is 22.7 Å². The molecule has 0 aliphatic carbocycles. The number of anilines is 3. The molecule has 11 rings (SSSR count). The molecule has 0 saturated heterocycles. The number of fused-ring (bicyclic) bond motifs is 9. The third-order valence-electron chi connectivity index (χ3n) is 10.3. The summed E-state index contributed by atoms with van der Waals surface area (Å²) in [5, 5.41) is 7.43. The van der Waals surface area contributed by atoms with Gasteiger partial charge in [-0.3, -0.25) is 0 Å². The van der Waals surface area contributed by atoms with Crippen LogP contribution in [0.4, 0.5) is 17.1 Å². The average molecular weight is 700 g/mol. The number of thiophene rings is 2. The Hall–Kier alpha value is -6.20. The van der Waals surface area contributed by atoms with E-state index in [1.807, 2.05) is 34.8 Å². The molecule has 11 aromatic rings. The fraction of sp³-hybridized carbons (Fsp3) is 0. The van der Waals surface area contributed by atoms with Crippen LogP contribution in [0, 0.1) is 0 Å². The van der Waals surface area contributed by atoms with Gasteiger partial charge in [-0.05, 0) is 70.8 Å². The second kappa shape index (κ2) is 11.7. The molecule has 0 aliphatic heterocycles. The number of hydrogen-bond acceptors (Lipinski definition) is 4. The lowest BCUT2D eigenvalue weighted by Crippen LogP contribution is -2.10. The predicted molar refractivity (Wildman–Crippen MR) is 225 cm³/mol. The fourth-order valence-corrected chi connectivity index (χ4v) is 10.3. The number of rotatable bonds is 5. The lowest BCUT2D eigenvalue weighted by atomic mass is 10.0. The molecule has 0 unspecified atom stereocenters. The zero-order valence-corrected chi connectivity index (χ0v) is 29.5. The number of benzene rings is 8. The van der Waals surface area contributed by atoms with Crippen molar-refractivity contribution in [2.75, 3.05) is 4.90 Å². The lowest BCUT2D eigenvalue weighted by molar-refractivity contribution is 0.669. The summed E-state index contributed by atoms with van der Waals surface area (Å²) in [6.45, 7) is 0. The van der Waals surface area contributed by atoms with Gasteiger partial charge >= 0.3 is 0 Å². The Morgan fingerprint density at radius 3 is 1.94 bits per heavy atom. The van der Waals surface area contributed by atoms with E-state index in [9.17, 15) is 0 Å². The van der Waals surface area contributed by atoms with E-state index in [1.165, 1.54) is 62.6 Å². The van der Waals surface area contributed by atoms with Crippen LogP contribution in [-0.2, 0) is 0 Å². The maximum absolute atomic E-state index is 6.45. The quantitative estimate of drug-likeness (QED) is 0.178. The van der Waals surface area contributed by atoms with Crippen molar-refractivity contribution in [1.82, 2.24) is 0 Å². The van der Waals surface area contributed by atoms with Crippen LogP contribution in [-0.4, -0.2) is 0 Å². The summed E-state index contributed by atoms with van der Waals surface area (Å²) in [6, 6.07) is 63.7. The van der Waals surface area contributed by atoms with Crippen molar-refractivity contribution >= 4 is 102 Å². The van der Waals surface area contributed by atoms with Crippen LogP contribution < -0.4 is 4.90 Å². The average Bonchev–Trinajstić information content (AvgIpc) is 3.89. The molecular formula is C48H29NOS2. The molecule has 52 heavy (non-hydrogen) atoms. The Morgan fingerprint density at radius 2 is 1.02 bits per heavy atom. The molecule has 0 aliphatic rings. The summed E-state index contributed by atoms with van der Waals surface area (Å²) < 4.78 is 11.6. The van der Waals surface area contributed by atoms with Gasteiger partial charge in [0.1, 0.15) is 11.2 Å². The minimum Gasteiger partial charge on any atom is -0.456 e. The number of hydrogen-bond donors (Lipinski definition) is 0. The van der Waals surface area contributed by atoms with E-state index in [0.717, 1.165) is 39.0 Å². The highest BCUT2D eigenvalue weighted by Crippen LogP contribution is 2.48. The molecule has 2 nitrogen and oxygen atoms in total. The van der Waals surface area contributed by atoms with Crippen LogP contribution in [0.25, 0.3) is 84.5 Å². The van der Waals surface area contributed by atoms with Crippen molar-refractivity contribution in [2.24, 2.45) is 0 Å². The molecule has 0 N–H and O–H groups in total. The topological polar surface area (TPSA) is 16.4 Å². The summed E-state index contributed by atoms with van der Waals surface area (Å²) in [4.78, 5) is 2.41. The first-order valence-corrected chi connectivity index (χ1v) is 19.1. The van der Waals surface area contributed by atoms with E-state index < -0.39 is 0 Å². The van der Waals surface area contributed by atoms with Crippen LogP contribution in [0.5, 0.6) is 0 Å². The molecule has 0 radical (unpaired) electrons. The summed E-state index contributed by atoms with van der Waals surface area (Å²) in [5.74, 6) is 0. The van der Waals surface area contributed by atoms with E-state index in [-0.39, 0.29) is 0 Å². The molecule has 3 aromatic heterocycles. The van der Waals surface area contributed by atoms with Gasteiger partial charge in [0.05, 0.1) is 10.4 Å². The third kappa shape index (κ3) is 4.62. The standard InChI is InChI=1S/C48H29NOS2/c1-2-11-30(12-3-1)35-17-9-18-40-41-19-10-20-42(48(41)52-47(35)40)49(34-24-26-37-36-15-4-6-21-43(36)50-44(37)29-34)33-14-8-13-31(27-33)32-23-25-39-38-16-5-7-22-45(38)51-46(39)28-32/h1-29H. The van der Waals surface area contributed by atoms with E-state index in [4.69, 9.17) is 4.42 Å². The Morgan fingerprint density at radius 1 is 0.365 bits per heavy atom. The van der Waals surface area contributed by atoms with Gasteiger partial charge in [0.15, 0.2) is 0 Å². The molecule has 4 heteroatoms. The smallest absolute Gasteiger partial charge is 0.137 e. The molecule has 0 amide bonds. The second-order valence-corrected chi connectivity index (χ2v) is 15.4. The summed E-state index contributed by atoms with van der Waals surface area (Å²) >= 11 is 3.74. The minimum absolute atomic E-state index is 0.880. The maximum atomic E-state index is 6.45. The van der Waals surface area contributed by atoms with E-state index in [0.29, 0.717) is 0 Å². The largest absolute Gasteiger partial charge is 0.456 e. The molecule has 8 aromatic carbocycles. The van der Waals surface area contributed by atoms with Crippen molar-refractivity contribution in [3.05, 3.63) is 176 Å². The Bertz CT molecular complexity index is 3150. The predicted octanol–water partition coefficient (Wildman–Crippen LogP) is 15.1. The first-order chi connectivity index (χ1) is 25.8. The van der Waals surface area contributed by atoms with Gasteiger partial charge in [-0.2, -0.15) is 0 Å². The summed E-state index contributed by atoms with van der Waals surface area (Å²) in [7, 11) is 0. The number of para-hydroxylation sites is 1. The minimum atomic E-state index is 0.880. The molecule has 0 spiro atoms. The molecule has 0 bridgehead atoms. The molecule has 0 atom stereocenters. The van der Waals surface area contributed by atoms with Gasteiger partial charge < -0.3 is 9.32 Å². The number of nitrogens with zero attached hydrogens (tertiary/aromatic N) is 1. The van der Waals surface area contributed by atoms with Crippen LogP contribution in [0.3, 0.4) is 0 Å². The van der Waals surface area contributed by atoms with Gasteiger partial charge in [-0.1, -0.05) is 121 Å². The van der Waals surface area contributed by atoms with Crippen LogP contribution in [0.15, 0.2) is 180 Å². The Kier molecular flexibility index (Phi) is 6.63. The highest BCUT2D eigenvalue weighted by molar-refractivity contribution is 7.27. The first kappa shape index (κ1) is 29.5. The SMILES string of the molecule is c1ccc(-c2cccc3c2sc2c(N(c4cccc(-c5ccc6c(c5)sc5ccccc56)c4)c4ccc5c(c4)oc4ccccc45)cccc23)cc1. The lowest BCUT2D eigenvalue weighted by Gasteiger charge is -2.26. The highest BCUT2D eigenvalue weighted by atomic mass is 32.1. The fourth-order valence-electron chi connectivity index (χ4n) is 7.84. The molecule has 3 heterocycles. The van der Waals surface area contributed by atoms with Crippen LogP contribution in [0.1, 0.15) is 0 Å².